The Hall–Kier alpha value is -4.05. The lowest BCUT2D eigenvalue weighted by Crippen LogP contribution is -2.34. The Morgan fingerprint density at radius 1 is 1.10 bits per heavy atom. The number of carbonyl (C=O) groups is 1. The normalized spacial score (nSPS) is 17.6. The molecular weight excluding hydrogens is 568 g/mol. The fourth-order valence-corrected chi connectivity index (χ4v) is 5.66. The number of anilines is 1. The maximum Gasteiger partial charge on any atom is 0.345 e. The minimum absolute atomic E-state index is 0.0370. The predicted octanol–water partition coefficient (Wildman–Crippen LogP) is 4.08. The zero-order valence-corrected chi connectivity index (χ0v) is 23.6. The lowest BCUT2D eigenvalue weighted by atomic mass is 10.1. The number of amides is 1. The summed E-state index contributed by atoms with van der Waals surface area (Å²) in [6.07, 6.45) is 0.0991. The minimum atomic E-state index is -3.38. The molecule has 1 amide bonds. The molecule has 1 fully saturated rings. The summed E-state index contributed by atoms with van der Waals surface area (Å²) >= 11 is 0. The van der Waals surface area contributed by atoms with Crippen molar-refractivity contribution in [2.45, 2.75) is 43.0 Å². The first-order valence-corrected chi connectivity index (χ1v) is 15.0. The van der Waals surface area contributed by atoms with Crippen LogP contribution in [0, 0.1) is 11.3 Å². The van der Waals surface area contributed by atoms with Gasteiger partial charge in [-0.05, 0) is 66.2 Å². The molecule has 12 heteroatoms. The van der Waals surface area contributed by atoms with Crippen molar-refractivity contribution in [3.05, 3.63) is 89.5 Å². The van der Waals surface area contributed by atoms with Gasteiger partial charge in [0.2, 0.25) is 0 Å². The van der Waals surface area contributed by atoms with E-state index < -0.39 is 41.0 Å². The van der Waals surface area contributed by atoms with Gasteiger partial charge < -0.3 is 24.8 Å². The number of hydrogen-bond donors (Lipinski definition) is 2. The molecule has 0 aliphatic carbocycles. The zero-order chi connectivity index (χ0) is 30.3. The highest BCUT2D eigenvalue weighted by Crippen LogP contribution is 2.30. The lowest BCUT2D eigenvalue weighted by molar-refractivity contribution is -0.131. The second kappa shape index (κ2) is 13.7. The first kappa shape index (κ1) is 30.9. The van der Waals surface area contributed by atoms with Gasteiger partial charge in [-0.3, -0.25) is 4.79 Å². The van der Waals surface area contributed by atoms with Crippen molar-refractivity contribution in [1.82, 2.24) is 5.32 Å². The molecule has 42 heavy (non-hydrogen) atoms. The third-order valence-corrected chi connectivity index (χ3v) is 8.80. The number of halogens is 2. The van der Waals surface area contributed by atoms with E-state index in [1.54, 1.807) is 67.6 Å². The van der Waals surface area contributed by atoms with E-state index in [1.807, 2.05) is 11.0 Å². The van der Waals surface area contributed by atoms with Gasteiger partial charge in [0.15, 0.2) is 9.84 Å². The SMILES string of the molecule is CCS(=O)(=O)c1ccc([C@H](CO)NC(=O)c2ccc(N3CC(Oc4ccc(C#N)cc4)C[C@H]3COC(F)F)cc2)cc1. The maximum atomic E-state index is 13.0. The molecule has 1 aliphatic rings. The Bertz CT molecular complexity index is 1490. The number of nitriles is 1. The largest absolute Gasteiger partial charge is 0.489 e. The van der Waals surface area contributed by atoms with Crippen molar-refractivity contribution < 1.29 is 36.6 Å². The van der Waals surface area contributed by atoms with Gasteiger partial charge in [0, 0.05) is 17.7 Å². The minimum Gasteiger partial charge on any atom is -0.489 e. The number of carbonyl (C=O) groups excluding carboxylic acids is 1. The van der Waals surface area contributed by atoms with Crippen LogP contribution in [0.5, 0.6) is 5.75 Å². The molecule has 1 unspecified atom stereocenters. The number of benzene rings is 3. The number of nitrogens with one attached hydrogen (secondary N) is 1. The zero-order valence-electron chi connectivity index (χ0n) is 22.8. The number of nitrogens with zero attached hydrogens (tertiary/aromatic N) is 2. The summed E-state index contributed by atoms with van der Waals surface area (Å²) in [5.41, 5.74) is 2.04. The standard InChI is InChI=1S/C30H31F2N3O6S/c1-2-42(38,39)27-13-7-21(8-14-27)28(18-36)34-29(37)22-5-9-23(10-6-22)35-17-26(15-24(35)19-40-30(31)32)41-25-11-3-20(16-33)4-12-25/h3-14,24,26,28,30,36H,2,15,17-19H2,1H3,(H,34,37)/t24-,26?,28-/m0/s1. The summed E-state index contributed by atoms with van der Waals surface area (Å²) in [6, 6.07) is 20.1. The summed E-state index contributed by atoms with van der Waals surface area (Å²) in [5.74, 6) is 0.0680. The molecule has 4 rings (SSSR count). The smallest absolute Gasteiger partial charge is 0.345 e. The summed E-state index contributed by atoms with van der Waals surface area (Å²) in [4.78, 5) is 15.0. The summed E-state index contributed by atoms with van der Waals surface area (Å²) in [7, 11) is -3.38. The van der Waals surface area contributed by atoms with Crippen LogP contribution in [0.25, 0.3) is 0 Å². The Kier molecular flexibility index (Phi) is 10.1. The summed E-state index contributed by atoms with van der Waals surface area (Å²) < 4.78 is 60.4. The summed E-state index contributed by atoms with van der Waals surface area (Å²) in [5, 5.41) is 21.6. The van der Waals surface area contributed by atoms with Crippen molar-refractivity contribution >= 4 is 21.4 Å². The lowest BCUT2D eigenvalue weighted by Gasteiger charge is -2.26. The third-order valence-electron chi connectivity index (χ3n) is 7.05. The van der Waals surface area contributed by atoms with Crippen molar-refractivity contribution in [3.8, 4) is 11.8 Å². The van der Waals surface area contributed by atoms with Gasteiger partial charge in [-0.25, -0.2) is 8.42 Å². The van der Waals surface area contributed by atoms with E-state index >= 15 is 0 Å². The van der Waals surface area contributed by atoms with E-state index in [9.17, 15) is 27.1 Å². The number of alkyl halides is 2. The van der Waals surface area contributed by atoms with Crippen LogP contribution in [0.1, 0.15) is 40.9 Å². The number of rotatable bonds is 12. The van der Waals surface area contributed by atoms with Gasteiger partial charge in [-0.15, -0.1) is 0 Å². The highest BCUT2D eigenvalue weighted by atomic mass is 32.2. The van der Waals surface area contributed by atoms with Crippen LogP contribution in [0.2, 0.25) is 0 Å². The molecule has 3 atom stereocenters. The van der Waals surface area contributed by atoms with Crippen LogP contribution in [-0.4, -0.2) is 63.7 Å². The van der Waals surface area contributed by atoms with E-state index in [0.29, 0.717) is 41.1 Å². The molecule has 2 N–H and O–H groups in total. The number of aliphatic hydroxyl groups is 1. The first-order valence-electron chi connectivity index (χ1n) is 13.3. The predicted molar refractivity (Wildman–Crippen MR) is 151 cm³/mol. The highest BCUT2D eigenvalue weighted by Gasteiger charge is 2.34. The van der Waals surface area contributed by atoms with Crippen LogP contribution in [0.4, 0.5) is 14.5 Å². The Morgan fingerprint density at radius 3 is 2.33 bits per heavy atom. The van der Waals surface area contributed by atoms with Crippen molar-refractivity contribution in [2.24, 2.45) is 0 Å². The molecule has 0 radical (unpaired) electrons. The van der Waals surface area contributed by atoms with Crippen molar-refractivity contribution in [1.29, 1.82) is 5.26 Å². The molecule has 3 aromatic rings. The van der Waals surface area contributed by atoms with E-state index in [-0.39, 0.29) is 23.4 Å². The Balaban J connectivity index is 1.44. The Morgan fingerprint density at radius 2 is 1.76 bits per heavy atom. The number of hydrogen-bond acceptors (Lipinski definition) is 8. The number of sulfone groups is 1. The van der Waals surface area contributed by atoms with Crippen LogP contribution in [-0.2, 0) is 14.6 Å². The molecule has 1 saturated heterocycles. The topological polar surface area (TPSA) is 129 Å². The molecule has 3 aromatic carbocycles. The number of aliphatic hydroxyl groups excluding tert-OH is 1. The van der Waals surface area contributed by atoms with Crippen molar-refractivity contribution in [2.75, 3.05) is 30.4 Å². The molecule has 222 valence electrons. The van der Waals surface area contributed by atoms with Crippen LogP contribution in [0.15, 0.2) is 77.7 Å². The fourth-order valence-electron chi connectivity index (χ4n) is 4.77. The fraction of sp³-hybridized carbons (Fsp3) is 0.333. The second-order valence-corrected chi connectivity index (χ2v) is 12.0. The molecule has 0 spiro atoms. The van der Waals surface area contributed by atoms with Crippen LogP contribution < -0.4 is 15.0 Å². The van der Waals surface area contributed by atoms with E-state index in [0.717, 1.165) is 0 Å². The first-order chi connectivity index (χ1) is 20.1. The van der Waals surface area contributed by atoms with E-state index in [2.05, 4.69) is 10.1 Å². The number of ether oxygens (including phenoxy) is 2. The molecule has 0 aromatic heterocycles. The molecular formula is C30H31F2N3O6S. The van der Waals surface area contributed by atoms with Gasteiger partial charge in [0.05, 0.1) is 54.1 Å². The average molecular weight is 600 g/mol. The quantitative estimate of drug-likeness (QED) is 0.319. The molecule has 9 nitrogen and oxygen atoms in total. The van der Waals surface area contributed by atoms with Gasteiger partial charge in [0.1, 0.15) is 11.9 Å². The maximum absolute atomic E-state index is 13.0. The van der Waals surface area contributed by atoms with Gasteiger partial charge in [-0.1, -0.05) is 19.1 Å². The monoisotopic (exact) mass is 599 g/mol. The average Bonchev–Trinajstić information content (AvgIpc) is 3.41. The van der Waals surface area contributed by atoms with Crippen LogP contribution >= 0.6 is 0 Å². The van der Waals surface area contributed by atoms with Gasteiger partial charge in [-0.2, -0.15) is 14.0 Å². The molecule has 1 heterocycles. The van der Waals surface area contributed by atoms with Crippen molar-refractivity contribution in [3.63, 3.8) is 0 Å². The molecule has 0 bridgehead atoms. The van der Waals surface area contributed by atoms with E-state index in [4.69, 9.17) is 10.00 Å². The van der Waals surface area contributed by atoms with E-state index in [1.165, 1.54) is 12.1 Å². The van der Waals surface area contributed by atoms with Gasteiger partial charge in [0.25, 0.3) is 5.91 Å². The third kappa shape index (κ3) is 7.61. The van der Waals surface area contributed by atoms with Crippen LogP contribution in [0.3, 0.4) is 0 Å². The molecule has 1 aliphatic heterocycles. The highest BCUT2D eigenvalue weighted by molar-refractivity contribution is 7.91. The Labute approximate surface area is 243 Å². The second-order valence-electron chi connectivity index (χ2n) is 9.74. The summed E-state index contributed by atoms with van der Waals surface area (Å²) in [6.45, 7) is -1.59. The van der Waals surface area contributed by atoms with Gasteiger partial charge >= 0.3 is 6.61 Å². The molecule has 0 saturated carbocycles.